The molecular formula is C26H26FN5OS. The first-order chi connectivity index (χ1) is 16.5. The number of piperidine rings is 1. The summed E-state index contributed by atoms with van der Waals surface area (Å²) < 4.78 is 15.2. The molecule has 1 aliphatic rings. The van der Waals surface area contributed by atoms with Gasteiger partial charge in [0, 0.05) is 53.0 Å². The Morgan fingerprint density at radius 3 is 2.59 bits per heavy atom. The number of thioether (sulfide) groups is 1. The molecule has 1 amide bonds. The van der Waals surface area contributed by atoms with Crippen molar-refractivity contribution in [3.8, 4) is 11.3 Å². The average Bonchev–Trinajstić information content (AvgIpc) is 3.28. The number of hydrogen-bond acceptors (Lipinski definition) is 5. The van der Waals surface area contributed by atoms with E-state index in [4.69, 9.17) is 5.10 Å². The molecule has 8 heteroatoms. The summed E-state index contributed by atoms with van der Waals surface area (Å²) in [4.78, 5) is 20.9. The molecule has 0 saturated carbocycles. The molecule has 0 spiro atoms. The molecule has 4 aromatic rings. The van der Waals surface area contributed by atoms with Crippen LogP contribution in [0.3, 0.4) is 0 Å². The van der Waals surface area contributed by atoms with Crippen LogP contribution in [0.15, 0.2) is 65.6 Å². The van der Waals surface area contributed by atoms with Crippen LogP contribution in [0, 0.1) is 18.7 Å². The Bertz CT molecular complexity index is 1330. The van der Waals surface area contributed by atoms with Gasteiger partial charge in [-0.25, -0.2) is 9.37 Å². The maximum Gasteiger partial charge on any atom is 0.227 e. The molecule has 0 aliphatic carbocycles. The highest BCUT2D eigenvalue weighted by atomic mass is 32.2. The second-order valence-corrected chi connectivity index (χ2v) is 9.42. The van der Waals surface area contributed by atoms with Crippen molar-refractivity contribution < 1.29 is 9.18 Å². The van der Waals surface area contributed by atoms with Crippen molar-refractivity contribution in [1.29, 1.82) is 0 Å². The maximum atomic E-state index is 13.3. The molecule has 0 atom stereocenters. The highest BCUT2D eigenvalue weighted by Gasteiger charge is 2.27. The first kappa shape index (κ1) is 22.4. The number of benzene rings is 2. The minimum absolute atomic E-state index is 0.0278. The fourth-order valence-corrected chi connectivity index (χ4v) is 4.84. The number of nitrogens with zero attached hydrogens (tertiary/aromatic N) is 4. The van der Waals surface area contributed by atoms with Crippen molar-refractivity contribution >= 4 is 34.8 Å². The second-order valence-electron chi connectivity index (χ2n) is 8.54. The van der Waals surface area contributed by atoms with Crippen LogP contribution in [-0.4, -0.2) is 39.9 Å². The first-order valence-corrected chi connectivity index (χ1v) is 12.6. The molecule has 0 unspecified atom stereocenters. The molecule has 174 valence electrons. The smallest absolute Gasteiger partial charge is 0.227 e. The number of carbonyl (C=O) groups excluding carboxylic acids is 1. The average molecular weight is 476 g/mol. The van der Waals surface area contributed by atoms with Gasteiger partial charge in [0.25, 0.3) is 0 Å². The van der Waals surface area contributed by atoms with E-state index in [1.54, 1.807) is 23.9 Å². The Morgan fingerprint density at radius 2 is 1.85 bits per heavy atom. The SMILES string of the molecule is CSc1cccc(NC(=O)C2CCN(c3cc(C)nc4cc(-c5ccc(F)cc5)nn34)CC2)c1. The van der Waals surface area contributed by atoms with Gasteiger partial charge in [0.05, 0.1) is 5.69 Å². The molecule has 1 aliphatic heterocycles. The summed E-state index contributed by atoms with van der Waals surface area (Å²) in [7, 11) is 0. The fraction of sp³-hybridized carbons (Fsp3) is 0.269. The molecule has 5 rings (SSSR count). The van der Waals surface area contributed by atoms with Gasteiger partial charge in [-0.3, -0.25) is 4.79 Å². The Balaban J connectivity index is 1.32. The molecule has 2 aromatic heterocycles. The summed E-state index contributed by atoms with van der Waals surface area (Å²) in [6, 6.07) is 18.2. The summed E-state index contributed by atoms with van der Waals surface area (Å²) in [5.74, 6) is 0.736. The Labute approximate surface area is 202 Å². The molecule has 0 bridgehead atoms. The number of aryl methyl sites for hydroxylation is 1. The van der Waals surface area contributed by atoms with Crippen LogP contribution in [0.25, 0.3) is 16.9 Å². The predicted molar refractivity (Wildman–Crippen MR) is 135 cm³/mol. The standard InChI is InChI=1S/C26H26FN5OS/c1-17-14-25(32-24(28-17)16-23(30-32)18-6-8-20(27)9-7-18)31-12-10-19(11-13-31)26(33)29-21-4-3-5-22(15-21)34-2/h3-9,14-16,19H,10-13H2,1-2H3,(H,29,33). The van der Waals surface area contributed by atoms with E-state index in [0.717, 1.165) is 64.9 Å². The zero-order valence-corrected chi connectivity index (χ0v) is 20.0. The number of carbonyl (C=O) groups is 1. The van der Waals surface area contributed by atoms with Crippen molar-refractivity contribution in [2.75, 3.05) is 29.6 Å². The quantitative estimate of drug-likeness (QED) is 0.391. The van der Waals surface area contributed by atoms with Gasteiger partial charge in [-0.1, -0.05) is 6.07 Å². The van der Waals surface area contributed by atoms with E-state index in [2.05, 4.69) is 15.2 Å². The number of hydrogen-bond donors (Lipinski definition) is 1. The van der Waals surface area contributed by atoms with Crippen LogP contribution in [-0.2, 0) is 4.79 Å². The Morgan fingerprint density at radius 1 is 1.09 bits per heavy atom. The van der Waals surface area contributed by atoms with E-state index in [1.165, 1.54) is 12.1 Å². The van der Waals surface area contributed by atoms with Gasteiger partial charge in [-0.05, 0) is 68.5 Å². The van der Waals surface area contributed by atoms with Gasteiger partial charge in [0.15, 0.2) is 5.65 Å². The topological polar surface area (TPSA) is 62.5 Å². The highest BCUT2D eigenvalue weighted by Crippen LogP contribution is 2.28. The second kappa shape index (κ2) is 9.46. The molecular weight excluding hydrogens is 449 g/mol. The third kappa shape index (κ3) is 4.63. The zero-order valence-electron chi connectivity index (χ0n) is 19.2. The van der Waals surface area contributed by atoms with Gasteiger partial charge in [0.1, 0.15) is 11.6 Å². The summed E-state index contributed by atoms with van der Waals surface area (Å²) in [5.41, 5.74) is 4.09. The van der Waals surface area contributed by atoms with E-state index in [-0.39, 0.29) is 17.6 Å². The van der Waals surface area contributed by atoms with Crippen LogP contribution in [0.2, 0.25) is 0 Å². The van der Waals surface area contributed by atoms with Crippen molar-refractivity contribution in [3.05, 3.63) is 72.2 Å². The van der Waals surface area contributed by atoms with E-state index >= 15 is 0 Å². The number of amides is 1. The Hall–Kier alpha value is -3.39. The first-order valence-electron chi connectivity index (χ1n) is 11.3. The molecule has 1 N–H and O–H groups in total. The van der Waals surface area contributed by atoms with Gasteiger partial charge in [-0.15, -0.1) is 11.8 Å². The van der Waals surface area contributed by atoms with Crippen molar-refractivity contribution in [1.82, 2.24) is 14.6 Å². The number of rotatable bonds is 5. The van der Waals surface area contributed by atoms with Crippen LogP contribution in [0.5, 0.6) is 0 Å². The van der Waals surface area contributed by atoms with E-state index in [1.807, 2.05) is 54.1 Å². The largest absolute Gasteiger partial charge is 0.356 e. The minimum atomic E-state index is -0.272. The lowest BCUT2D eigenvalue weighted by atomic mass is 9.95. The summed E-state index contributed by atoms with van der Waals surface area (Å²) in [6.07, 6.45) is 3.56. The number of aromatic nitrogens is 3. The summed E-state index contributed by atoms with van der Waals surface area (Å²) in [6.45, 7) is 3.48. The lowest BCUT2D eigenvalue weighted by Gasteiger charge is -2.33. The van der Waals surface area contributed by atoms with Gasteiger partial charge < -0.3 is 10.2 Å². The van der Waals surface area contributed by atoms with Crippen LogP contribution in [0.1, 0.15) is 18.5 Å². The monoisotopic (exact) mass is 475 g/mol. The summed E-state index contributed by atoms with van der Waals surface area (Å²) >= 11 is 1.66. The van der Waals surface area contributed by atoms with E-state index in [0.29, 0.717) is 0 Å². The lowest BCUT2D eigenvalue weighted by Crippen LogP contribution is -2.39. The van der Waals surface area contributed by atoms with Crippen LogP contribution < -0.4 is 10.2 Å². The minimum Gasteiger partial charge on any atom is -0.356 e. The molecule has 3 heterocycles. The van der Waals surface area contributed by atoms with E-state index < -0.39 is 0 Å². The zero-order chi connectivity index (χ0) is 23.7. The maximum absolute atomic E-state index is 13.3. The summed E-state index contributed by atoms with van der Waals surface area (Å²) in [5, 5.41) is 7.84. The molecule has 0 radical (unpaired) electrons. The Kier molecular flexibility index (Phi) is 6.24. The number of anilines is 2. The van der Waals surface area contributed by atoms with Crippen molar-refractivity contribution in [2.24, 2.45) is 5.92 Å². The van der Waals surface area contributed by atoms with Crippen molar-refractivity contribution in [3.63, 3.8) is 0 Å². The number of nitrogens with one attached hydrogen (secondary N) is 1. The lowest BCUT2D eigenvalue weighted by molar-refractivity contribution is -0.120. The number of fused-ring (bicyclic) bond motifs is 1. The highest BCUT2D eigenvalue weighted by molar-refractivity contribution is 7.98. The normalized spacial score (nSPS) is 14.5. The third-order valence-electron chi connectivity index (χ3n) is 6.20. The van der Waals surface area contributed by atoms with Crippen LogP contribution >= 0.6 is 11.8 Å². The van der Waals surface area contributed by atoms with Gasteiger partial charge in [0.2, 0.25) is 5.91 Å². The van der Waals surface area contributed by atoms with Crippen molar-refractivity contribution in [2.45, 2.75) is 24.7 Å². The molecule has 34 heavy (non-hydrogen) atoms. The van der Waals surface area contributed by atoms with Gasteiger partial charge in [-0.2, -0.15) is 9.61 Å². The van der Waals surface area contributed by atoms with Crippen LogP contribution in [0.4, 0.5) is 15.9 Å². The molecule has 2 aromatic carbocycles. The van der Waals surface area contributed by atoms with E-state index in [9.17, 15) is 9.18 Å². The predicted octanol–water partition coefficient (Wildman–Crippen LogP) is 5.42. The molecule has 6 nitrogen and oxygen atoms in total. The molecule has 1 fully saturated rings. The fourth-order valence-electron chi connectivity index (χ4n) is 4.38. The third-order valence-corrected chi connectivity index (χ3v) is 6.93. The number of halogens is 1. The molecule has 1 saturated heterocycles. The van der Waals surface area contributed by atoms with Gasteiger partial charge >= 0.3 is 0 Å².